The van der Waals surface area contributed by atoms with Crippen LogP contribution in [0.1, 0.15) is 30.5 Å². The topological polar surface area (TPSA) is 26.0 Å². The van der Waals surface area contributed by atoms with E-state index in [1.54, 1.807) is 0 Å². The average molecular weight is 304 g/mol. The zero-order chi connectivity index (χ0) is 13.2. The Morgan fingerprint density at radius 2 is 1.67 bits per heavy atom. The van der Waals surface area contributed by atoms with E-state index in [9.17, 15) is 0 Å². The van der Waals surface area contributed by atoms with Crippen LogP contribution in [0.15, 0.2) is 53.0 Å². The zero-order valence-corrected chi connectivity index (χ0v) is 12.4. The third-order valence-corrected chi connectivity index (χ3v) is 3.85. The normalized spacial score (nSPS) is 14.2. The first-order valence-corrected chi connectivity index (χ1v) is 6.97. The third-order valence-electron chi connectivity index (χ3n) is 3.36. The Kier molecular flexibility index (Phi) is 3.88. The molecule has 0 amide bonds. The summed E-state index contributed by atoms with van der Waals surface area (Å²) in [6, 6.07) is 16.7. The van der Waals surface area contributed by atoms with Crippen molar-refractivity contribution in [1.82, 2.24) is 0 Å². The summed E-state index contributed by atoms with van der Waals surface area (Å²) in [5.74, 6) is 0. The highest BCUT2D eigenvalue weighted by molar-refractivity contribution is 9.10. The van der Waals surface area contributed by atoms with Gasteiger partial charge in [-0.1, -0.05) is 59.3 Å². The van der Waals surface area contributed by atoms with Crippen LogP contribution in [0.4, 0.5) is 0 Å². The molecule has 0 aliphatic rings. The molecule has 1 unspecified atom stereocenters. The minimum atomic E-state index is -0.463. The molecular formula is C16H18BrN. The van der Waals surface area contributed by atoms with Gasteiger partial charge in [-0.3, -0.25) is 0 Å². The van der Waals surface area contributed by atoms with E-state index in [2.05, 4.69) is 66.2 Å². The number of rotatable bonds is 3. The minimum Gasteiger partial charge on any atom is -0.318 e. The van der Waals surface area contributed by atoms with E-state index in [1.807, 2.05) is 12.1 Å². The van der Waals surface area contributed by atoms with Gasteiger partial charge in [0.05, 0.1) is 5.54 Å². The van der Waals surface area contributed by atoms with E-state index < -0.39 is 5.54 Å². The fraction of sp³-hybridized carbons (Fsp3) is 0.250. The van der Waals surface area contributed by atoms with E-state index in [1.165, 1.54) is 5.56 Å². The smallest absolute Gasteiger partial charge is 0.0637 e. The Labute approximate surface area is 117 Å². The summed E-state index contributed by atoms with van der Waals surface area (Å²) in [6.45, 7) is 4.22. The molecule has 0 saturated heterocycles. The van der Waals surface area contributed by atoms with Gasteiger partial charge in [0.1, 0.15) is 0 Å². The zero-order valence-electron chi connectivity index (χ0n) is 10.8. The standard InChI is InChI=1S/C16H18BrN/c1-3-12-6-4-7-13(10-12)16(2,18)14-8-5-9-15(17)11-14/h4-11H,3,18H2,1-2H3. The van der Waals surface area contributed by atoms with E-state index in [0.29, 0.717) is 0 Å². The molecule has 18 heavy (non-hydrogen) atoms. The second-order valence-electron chi connectivity index (χ2n) is 4.77. The van der Waals surface area contributed by atoms with Crippen molar-refractivity contribution in [2.45, 2.75) is 25.8 Å². The molecule has 2 N–H and O–H groups in total. The van der Waals surface area contributed by atoms with Gasteiger partial charge in [-0.05, 0) is 42.2 Å². The Bertz CT molecular complexity index is 546. The van der Waals surface area contributed by atoms with Crippen LogP contribution in [0.3, 0.4) is 0 Å². The number of nitrogens with two attached hydrogens (primary N) is 1. The van der Waals surface area contributed by atoms with Gasteiger partial charge in [-0.2, -0.15) is 0 Å². The molecule has 94 valence electrons. The van der Waals surface area contributed by atoms with Crippen LogP contribution in [0.5, 0.6) is 0 Å². The molecule has 0 saturated carbocycles. The molecule has 0 heterocycles. The summed E-state index contributed by atoms with van der Waals surface area (Å²) in [4.78, 5) is 0. The van der Waals surface area contributed by atoms with Gasteiger partial charge >= 0.3 is 0 Å². The van der Waals surface area contributed by atoms with Crippen molar-refractivity contribution in [3.63, 3.8) is 0 Å². The van der Waals surface area contributed by atoms with Gasteiger partial charge in [0.25, 0.3) is 0 Å². The quantitative estimate of drug-likeness (QED) is 0.902. The van der Waals surface area contributed by atoms with Gasteiger partial charge in [0, 0.05) is 4.47 Å². The fourth-order valence-electron chi connectivity index (χ4n) is 2.09. The first-order chi connectivity index (χ1) is 8.54. The van der Waals surface area contributed by atoms with E-state index in [-0.39, 0.29) is 0 Å². The van der Waals surface area contributed by atoms with Crippen LogP contribution in [-0.4, -0.2) is 0 Å². The van der Waals surface area contributed by atoms with Crippen molar-refractivity contribution in [3.8, 4) is 0 Å². The molecule has 0 radical (unpaired) electrons. The lowest BCUT2D eigenvalue weighted by Crippen LogP contribution is -2.34. The van der Waals surface area contributed by atoms with E-state index in [4.69, 9.17) is 5.73 Å². The second kappa shape index (κ2) is 5.25. The highest BCUT2D eigenvalue weighted by Gasteiger charge is 2.23. The van der Waals surface area contributed by atoms with Crippen molar-refractivity contribution in [1.29, 1.82) is 0 Å². The number of hydrogen-bond acceptors (Lipinski definition) is 1. The van der Waals surface area contributed by atoms with Crippen molar-refractivity contribution in [2.75, 3.05) is 0 Å². The molecule has 0 fully saturated rings. The van der Waals surface area contributed by atoms with Crippen molar-refractivity contribution in [3.05, 3.63) is 69.7 Å². The Morgan fingerprint density at radius 1 is 1.06 bits per heavy atom. The van der Waals surface area contributed by atoms with Crippen LogP contribution in [-0.2, 0) is 12.0 Å². The predicted molar refractivity (Wildman–Crippen MR) is 80.6 cm³/mol. The summed E-state index contributed by atoms with van der Waals surface area (Å²) >= 11 is 3.50. The maximum Gasteiger partial charge on any atom is 0.0637 e. The molecular weight excluding hydrogens is 286 g/mol. The summed E-state index contributed by atoms with van der Waals surface area (Å²) in [6.07, 6.45) is 1.03. The first-order valence-electron chi connectivity index (χ1n) is 6.18. The molecule has 1 atom stereocenters. The average Bonchev–Trinajstić information content (AvgIpc) is 2.39. The van der Waals surface area contributed by atoms with E-state index >= 15 is 0 Å². The number of hydrogen-bond donors (Lipinski definition) is 1. The highest BCUT2D eigenvalue weighted by atomic mass is 79.9. The van der Waals surface area contributed by atoms with Crippen molar-refractivity contribution in [2.24, 2.45) is 5.73 Å². The Hall–Kier alpha value is -1.12. The molecule has 1 nitrogen and oxygen atoms in total. The van der Waals surface area contributed by atoms with Crippen LogP contribution in [0, 0.1) is 0 Å². The molecule has 0 spiro atoms. The lowest BCUT2D eigenvalue weighted by Gasteiger charge is -2.26. The van der Waals surface area contributed by atoms with Gasteiger partial charge in [-0.15, -0.1) is 0 Å². The lowest BCUT2D eigenvalue weighted by atomic mass is 9.85. The van der Waals surface area contributed by atoms with Crippen molar-refractivity contribution < 1.29 is 0 Å². The maximum absolute atomic E-state index is 6.53. The van der Waals surface area contributed by atoms with Gasteiger partial charge in [-0.25, -0.2) is 0 Å². The SMILES string of the molecule is CCc1cccc(C(C)(N)c2cccc(Br)c2)c1. The van der Waals surface area contributed by atoms with Gasteiger partial charge in [0.15, 0.2) is 0 Å². The van der Waals surface area contributed by atoms with Crippen LogP contribution < -0.4 is 5.73 Å². The number of benzene rings is 2. The van der Waals surface area contributed by atoms with Crippen LogP contribution in [0.25, 0.3) is 0 Å². The summed E-state index contributed by atoms with van der Waals surface area (Å²) < 4.78 is 1.06. The molecule has 0 aliphatic heterocycles. The summed E-state index contributed by atoms with van der Waals surface area (Å²) in [7, 11) is 0. The van der Waals surface area contributed by atoms with Crippen LogP contribution >= 0.6 is 15.9 Å². The first kappa shape index (κ1) is 13.3. The molecule has 2 aromatic rings. The molecule has 2 aromatic carbocycles. The molecule has 2 rings (SSSR count). The predicted octanol–water partition coefficient (Wildman–Crippen LogP) is 4.23. The monoisotopic (exact) mass is 303 g/mol. The van der Waals surface area contributed by atoms with E-state index in [0.717, 1.165) is 22.0 Å². The Morgan fingerprint density at radius 3 is 2.28 bits per heavy atom. The number of aryl methyl sites for hydroxylation is 1. The highest BCUT2D eigenvalue weighted by Crippen LogP contribution is 2.28. The summed E-state index contributed by atoms with van der Waals surface area (Å²) in [5.41, 5.74) is 9.65. The largest absolute Gasteiger partial charge is 0.318 e. The van der Waals surface area contributed by atoms with Gasteiger partial charge < -0.3 is 5.73 Å². The Balaban J connectivity index is 2.46. The molecule has 2 heteroatoms. The van der Waals surface area contributed by atoms with Crippen LogP contribution in [0.2, 0.25) is 0 Å². The lowest BCUT2D eigenvalue weighted by molar-refractivity contribution is 0.602. The molecule has 0 aliphatic carbocycles. The minimum absolute atomic E-state index is 0.463. The maximum atomic E-state index is 6.53. The summed E-state index contributed by atoms with van der Waals surface area (Å²) in [5, 5.41) is 0. The molecule has 0 aromatic heterocycles. The number of halogens is 1. The van der Waals surface area contributed by atoms with Gasteiger partial charge in [0.2, 0.25) is 0 Å². The molecule has 0 bridgehead atoms. The second-order valence-corrected chi connectivity index (χ2v) is 5.68. The fourth-order valence-corrected chi connectivity index (χ4v) is 2.49. The van der Waals surface area contributed by atoms with Crippen molar-refractivity contribution >= 4 is 15.9 Å². The third kappa shape index (κ3) is 2.65.